The van der Waals surface area contributed by atoms with Crippen LogP contribution in [-0.2, 0) is 0 Å². The van der Waals surface area contributed by atoms with Gasteiger partial charge in [-0.15, -0.1) is 0 Å². The van der Waals surface area contributed by atoms with E-state index in [1.807, 2.05) is 62.4 Å². The fourth-order valence-corrected chi connectivity index (χ4v) is 3.98. The van der Waals surface area contributed by atoms with E-state index in [1.165, 1.54) is 0 Å². The van der Waals surface area contributed by atoms with Crippen molar-refractivity contribution >= 4 is 17.6 Å². The van der Waals surface area contributed by atoms with Crippen molar-refractivity contribution in [1.29, 1.82) is 10.5 Å². The van der Waals surface area contributed by atoms with Gasteiger partial charge in [0.15, 0.2) is 0 Å². The summed E-state index contributed by atoms with van der Waals surface area (Å²) in [6.45, 7) is 4.00. The molecule has 0 fully saturated rings. The summed E-state index contributed by atoms with van der Waals surface area (Å²) in [4.78, 5) is 15.2. The molecule has 34 heavy (non-hydrogen) atoms. The number of thioether (sulfide) groups is 1. The molecule has 0 radical (unpaired) electrons. The van der Waals surface area contributed by atoms with Crippen LogP contribution in [0, 0.1) is 22.7 Å². The van der Waals surface area contributed by atoms with Crippen LogP contribution < -0.4 is 27.4 Å². The van der Waals surface area contributed by atoms with E-state index < -0.39 is 5.56 Å². The fraction of sp³-hybridized carbons (Fsp3) is 0.167. The Kier molecular flexibility index (Phi) is 9.72. The number of methoxy groups -OCH3 is 1. The molecule has 0 unspecified atom stereocenters. The molecule has 0 bridgehead atoms. The average molecular weight is 476 g/mol. The van der Waals surface area contributed by atoms with Crippen LogP contribution in [0.3, 0.4) is 0 Å². The number of aromatic nitrogens is 1. The van der Waals surface area contributed by atoms with E-state index in [2.05, 4.69) is 21.6 Å². The van der Waals surface area contributed by atoms with Gasteiger partial charge in [-0.05, 0) is 34.9 Å². The fourth-order valence-electron chi connectivity index (χ4n) is 3.08. The summed E-state index contributed by atoms with van der Waals surface area (Å²) < 4.78 is 5.20. The van der Waals surface area contributed by atoms with Gasteiger partial charge < -0.3 is 21.0 Å². The molecule has 1 heterocycles. The Balaban J connectivity index is 0.00000199. The smallest absolute Gasteiger partial charge is 0.267 e. The highest BCUT2D eigenvalue weighted by Crippen LogP contribution is 2.33. The third-order valence-corrected chi connectivity index (χ3v) is 5.67. The SMILES string of the molecule is CC.COc1ccc(-c2cccc(-c3c(C#N)c(SC/C(=N/N)NN)[nH]c(=O)c3C#N)c2)cc1. The molecule has 0 aliphatic heterocycles. The second kappa shape index (κ2) is 12.7. The van der Waals surface area contributed by atoms with Gasteiger partial charge in [0.1, 0.15) is 29.3 Å². The highest BCUT2D eigenvalue weighted by Gasteiger charge is 2.20. The molecule has 0 saturated carbocycles. The zero-order valence-corrected chi connectivity index (χ0v) is 19.9. The number of hydrogen-bond acceptors (Lipinski definition) is 8. The van der Waals surface area contributed by atoms with Crippen LogP contribution in [0.4, 0.5) is 0 Å². The number of aromatic amines is 1. The van der Waals surface area contributed by atoms with Crippen LogP contribution in [0.1, 0.15) is 25.0 Å². The molecule has 0 spiro atoms. The van der Waals surface area contributed by atoms with Gasteiger partial charge in [0.25, 0.3) is 5.56 Å². The Morgan fingerprint density at radius 3 is 2.29 bits per heavy atom. The van der Waals surface area contributed by atoms with Gasteiger partial charge in [0, 0.05) is 5.56 Å². The lowest BCUT2D eigenvalue weighted by atomic mass is 9.94. The standard InChI is InChI=1S/C22H19N7O2S.C2H6/c1-31-16-7-5-13(6-8-16)14-3-2-4-15(9-14)20-17(10-23)21(30)27-22(18(20)11-24)32-12-19(28-25)29-26;1-2/h2-9H,12,25-26H2,1H3,(H,27,30)(H,28,29);1-2H3. The molecule has 1 aromatic heterocycles. The van der Waals surface area contributed by atoms with E-state index in [9.17, 15) is 15.3 Å². The maximum atomic E-state index is 12.6. The number of rotatable bonds is 6. The number of pyridine rings is 1. The summed E-state index contributed by atoms with van der Waals surface area (Å²) in [5.74, 6) is 11.8. The molecule has 0 saturated heterocycles. The van der Waals surface area contributed by atoms with Crippen molar-refractivity contribution in [2.75, 3.05) is 12.9 Å². The maximum Gasteiger partial charge on any atom is 0.267 e. The van der Waals surface area contributed by atoms with Crippen molar-refractivity contribution in [1.82, 2.24) is 10.4 Å². The molecule has 2 aromatic carbocycles. The van der Waals surface area contributed by atoms with Gasteiger partial charge in [-0.25, -0.2) is 5.84 Å². The largest absolute Gasteiger partial charge is 0.497 e. The summed E-state index contributed by atoms with van der Waals surface area (Å²) >= 11 is 1.12. The van der Waals surface area contributed by atoms with Gasteiger partial charge in [-0.1, -0.05) is 55.9 Å². The van der Waals surface area contributed by atoms with Crippen LogP contribution >= 0.6 is 11.8 Å². The number of amidine groups is 1. The molecule has 10 heteroatoms. The first-order valence-electron chi connectivity index (χ1n) is 10.3. The van der Waals surface area contributed by atoms with Crippen molar-refractivity contribution in [3.8, 4) is 40.1 Å². The zero-order chi connectivity index (χ0) is 25.1. The third kappa shape index (κ3) is 5.75. The first-order chi connectivity index (χ1) is 16.6. The molecule has 3 rings (SSSR count). The van der Waals surface area contributed by atoms with Crippen molar-refractivity contribution in [2.24, 2.45) is 16.8 Å². The van der Waals surface area contributed by atoms with Crippen LogP contribution in [0.25, 0.3) is 22.3 Å². The van der Waals surface area contributed by atoms with Gasteiger partial charge in [0.2, 0.25) is 0 Å². The molecule has 0 aliphatic rings. The highest BCUT2D eigenvalue weighted by molar-refractivity contribution is 8.00. The molecular weight excluding hydrogens is 450 g/mol. The minimum Gasteiger partial charge on any atom is -0.497 e. The third-order valence-electron chi connectivity index (χ3n) is 4.66. The zero-order valence-electron chi connectivity index (χ0n) is 19.0. The number of ether oxygens (including phenoxy) is 1. The Hall–Kier alpha value is -4.25. The molecule has 9 nitrogen and oxygen atoms in total. The van der Waals surface area contributed by atoms with E-state index in [0.717, 1.165) is 28.6 Å². The van der Waals surface area contributed by atoms with Crippen LogP contribution in [0.15, 0.2) is 63.5 Å². The Labute approximate surface area is 202 Å². The predicted molar refractivity (Wildman–Crippen MR) is 135 cm³/mol. The van der Waals surface area contributed by atoms with Crippen LogP contribution in [0.5, 0.6) is 5.75 Å². The second-order valence-corrected chi connectivity index (χ2v) is 7.44. The van der Waals surface area contributed by atoms with E-state index >= 15 is 0 Å². The van der Waals surface area contributed by atoms with Gasteiger partial charge in [0.05, 0.1) is 23.5 Å². The van der Waals surface area contributed by atoms with Gasteiger partial charge in [-0.3, -0.25) is 4.79 Å². The molecule has 6 N–H and O–H groups in total. The van der Waals surface area contributed by atoms with E-state index in [0.29, 0.717) is 5.56 Å². The Morgan fingerprint density at radius 2 is 1.74 bits per heavy atom. The summed E-state index contributed by atoms with van der Waals surface area (Å²) in [5, 5.41) is 23.3. The first kappa shape index (κ1) is 26.0. The number of nitrogens with one attached hydrogen (secondary N) is 2. The second-order valence-electron chi connectivity index (χ2n) is 6.45. The summed E-state index contributed by atoms with van der Waals surface area (Å²) in [7, 11) is 1.59. The average Bonchev–Trinajstić information content (AvgIpc) is 2.90. The minimum atomic E-state index is -0.592. The van der Waals surface area contributed by atoms with Gasteiger partial charge >= 0.3 is 0 Å². The monoisotopic (exact) mass is 475 g/mol. The molecule has 174 valence electrons. The normalized spacial score (nSPS) is 10.4. The summed E-state index contributed by atoms with van der Waals surface area (Å²) in [6.07, 6.45) is 0. The molecule has 3 aromatic rings. The number of benzene rings is 2. The summed E-state index contributed by atoms with van der Waals surface area (Å²) in [6, 6.07) is 18.8. The Bertz CT molecular complexity index is 1300. The lowest BCUT2D eigenvalue weighted by Crippen LogP contribution is -2.33. The summed E-state index contributed by atoms with van der Waals surface area (Å²) in [5.41, 5.74) is 4.41. The van der Waals surface area contributed by atoms with Crippen molar-refractivity contribution in [3.05, 3.63) is 70.0 Å². The topological polar surface area (TPSA) is 166 Å². The highest BCUT2D eigenvalue weighted by atomic mass is 32.2. The number of nitrogens with zero attached hydrogens (tertiary/aromatic N) is 3. The van der Waals surface area contributed by atoms with E-state index in [4.69, 9.17) is 16.4 Å². The van der Waals surface area contributed by atoms with Crippen molar-refractivity contribution in [2.45, 2.75) is 18.9 Å². The molecular formula is C24H25N7O2S. The molecule has 0 aliphatic carbocycles. The van der Waals surface area contributed by atoms with Crippen molar-refractivity contribution in [3.63, 3.8) is 0 Å². The molecule has 0 amide bonds. The van der Waals surface area contributed by atoms with E-state index in [-0.39, 0.29) is 33.3 Å². The first-order valence-corrected chi connectivity index (χ1v) is 11.3. The number of hydrazone groups is 1. The lowest BCUT2D eigenvalue weighted by Gasteiger charge is -2.13. The number of nitrogens with two attached hydrogens (primary N) is 2. The van der Waals surface area contributed by atoms with E-state index in [1.54, 1.807) is 13.2 Å². The van der Waals surface area contributed by atoms with Crippen LogP contribution in [0.2, 0.25) is 0 Å². The number of hydrazine groups is 1. The number of H-pyrrole nitrogens is 1. The molecule has 0 atom stereocenters. The quantitative estimate of drug-likeness (QED) is 0.138. The maximum absolute atomic E-state index is 12.6. The van der Waals surface area contributed by atoms with Crippen LogP contribution in [-0.4, -0.2) is 23.7 Å². The minimum absolute atomic E-state index is 0.137. The Morgan fingerprint density at radius 1 is 1.09 bits per heavy atom. The number of hydrogen-bond donors (Lipinski definition) is 4. The van der Waals surface area contributed by atoms with Crippen molar-refractivity contribution < 1.29 is 4.74 Å². The van der Waals surface area contributed by atoms with Gasteiger partial charge in [-0.2, -0.15) is 15.6 Å². The lowest BCUT2D eigenvalue weighted by molar-refractivity contribution is 0.415. The number of nitriles is 2. The predicted octanol–water partition coefficient (Wildman–Crippen LogP) is 3.31.